The van der Waals surface area contributed by atoms with Crippen molar-refractivity contribution in [2.75, 3.05) is 6.54 Å². The summed E-state index contributed by atoms with van der Waals surface area (Å²) in [6.45, 7) is 0.835. The van der Waals surface area contributed by atoms with Crippen LogP contribution in [0.2, 0.25) is 0 Å². The molecule has 0 aliphatic carbocycles. The molecule has 6 heteroatoms. The Bertz CT molecular complexity index is 632. The predicted octanol–water partition coefficient (Wildman–Crippen LogP) is 0.722. The fraction of sp³-hybridized carbons (Fsp3) is 0.231. The zero-order valence-electron chi connectivity index (χ0n) is 10.5. The van der Waals surface area contributed by atoms with E-state index in [1.807, 2.05) is 11.4 Å². The van der Waals surface area contributed by atoms with Crippen LogP contribution in [-0.2, 0) is 13.6 Å². The highest BCUT2D eigenvalue weighted by molar-refractivity contribution is 7.10. The number of carbonyl (C=O) groups excluding carboxylic acids is 1. The zero-order valence-corrected chi connectivity index (χ0v) is 11.3. The van der Waals surface area contributed by atoms with Gasteiger partial charge in [0.1, 0.15) is 5.69 Å². The van der Waals surface area contributed by atoms with Crippen molar-refractivity contribution in [3.8, 4) is 11.8 Å². The van der Waals surface area contributed by atoms with Crippen LogP contribution in [0.3, 0.4) is 0 Å². The molecule has 0 spiro atoms. The summed E-state index contributed by atoms with van der Waals surface area (Å²) in [6, 6.07) is 3.64. The number of carbonyl (C=O) groups is 1. The molecule has 0 aliphatic heterocycles. The van der Waals surface area contributed by atoms with Gasteiger partial charge in [0, 0.05) is 29.1 Å². The number of amides is 1. The van der Waals surface area contributed by atoms with Gasteiger partial charge in [0.2, 0.25) is 0 Å². The Morgan fingerprint density at radius 2 is 2.47 bits per heavy atom. The zero-order chi connectivity index (χ0) is 13.7. The molecule has 0 atom stereocenters. The molecule has 5 nitrogen and oxygen atoms in total. The first-order chi connectivity index (χ1) is 9.20. The van der Waals surface area contributed by atoms with Gasteiger partial charge in [-0.15, -0.1) is 11.3 Å². The Hall–Kier alpha value is -2.10. The van der Waals surface area contributed by atoms with Gasteiger partial charge in [-0.05, 0) is 12.1 Å². The summed E-state index contributed by atoms with van der Waals surface area (Å²) in [5, 5.41) is 8.76. The van der Waals surface area contributed by atoms with Crippen molar-refractivity contribution in [1.82, 2.24) is 15.1 Å². The summed E-state index contributed by atoms with van der Waals surface area (Å²) in [6.07, 6.45) is 1.60. The monoisotopic (exact) mass is 274 g/mol. The number of hydrogen-bond donors (Lipinski definition) is 2. The van der Waals surface area contributed by atoms with Gasteiger partial charge in [0.25, 0.3) is 5.91 Å². The van der Waals surface area contributed by atoms with E-state index in [1.165, 1.54) is 0 Å². The van der Waals surface area contributed by atoms with Gasteiger partial charge >= 0.3 is 0 Å². The van der Waals surface area contributed by atoms with Crippen molar-refractivity contribution in [3.63, 3.8) is 0 Å². The summed E-state index contributed by atoms with van der Waals surface area (Å²) in [5.41, 5.74) is 6.79. The Morgan fingerprint density at radius 3 is 3.16 bits per heavy atom. The third-order valence-corrected chi connectivity index (χ3v) is 3.40. The molecule has 0 fully saturated rings. The maximum atomic E-state index is 11.9. The summed E-state index contributed by atoms with van der Waals surface area (Å²) in [5.74, 6) is 5.62. The lowest BCUT2D eigenvalue weighted by molar-refractivity contribution is 0.0942. The molecule has 0 unspecified atom stereocenters. The first kappa shape index (κ1) is 13.3. The quantitative estimate of drug-likeness (QED) is 0.810. The fourth-order valence-electron chi connectivity index (χ4n) is 1.55. The number of thiophene rings is 1. The summed E-state index contributed by atoms with van der Waals surface area (Å²) in [4.78, 5) is 12.9. The topological polar surface area (TPSA) is 72.9 Å². The second-order valence-electron chi connectivity index (χ2n) is 3.83. The van der Waals surface area contributed by atoms with Gasteiger partial charge in [-0.1, -0.05) is 11.8 Å². The number of aryl methyl sites for hydroxylation is 1. The van der Waals surface area contributed by atoms with E-state index in [1.54, 1.807) is 35.3 Å². The Morgan fingerprint density at radius 1 is 1.63 bits per heavy atom. The molecular formula is C13H14N4OS. The molecule has 0 radical (unpaired) electrons. The largest absolute Gasteiger partial charge is 0.346 e. The fourth-order valence-corrected chi connectivity index (χ4v) is 2.30. The van der Waals surface area contributed by atoms with Gasteiger partial charge in [0.05, 0.1) is 13.1 Å². The normalized spacial score (nSPS) is 9.79. The molecule has 2 aromatic rings. The summed E-state index contributed by atoms with van der Waals surface area (Å²) >= 11 is 1.56. The van der Waals surface area contributed by atoms with Crippen molar-refractivity contribution in [1.29, 1.82) is 0 Å². The van der Waals surface area contributed by atoms with Crippen molar-refractivity contribution >= 4 is 17.2 Å². The van der Waals surface area contributed by atoms with Gasteiger partial charge < -0.3 is 11.1 Å². The van der Waals surface area contributed by atoms with Crippen LogP contribution in [0.5, 0.6) is 0 Å². The van der Waals surface area contributed by atoms with Gasteiger partial charge in [-0.2, -0.15) is 5.10 Å². The molecule has 19 heavy (non-hydrogen) atoms. The van der Waals surface area contributed by atoms with Crippen LogP contribution in [0.4, 0.5) is 0 Å². The maximum Gasteiger partial charge on any atom is 0.269 e. The Kier molecular flexibility index (Phi) is 4.34. The molecular weight excluding hydrogens is 260 g/mol. The van der Waals surface area contributed by atoms with Crippen molar-refractivity contribution in [2.24, 2.45) is 12.8 Å². The number of nitrogens with one attached hydrogen (secondary N) is 1. The number of aromatic nitrogens is 2. The number of hydrogen-bond acceptors (Lipinski definition) is 4. The highest BCUT2D eigenvalue weighted by atomic mass is 32.1. The molecule has 0 aromatic carbocycles. The smallest absolute Gasteiger partial charge is 0.269 e. The first-order valence-corrected chi connectivity index (χ1v) is 6.61. The van der Waals surface area contributed by atoms with Crippen molar-refractivity contribution in [2.45, 2.75) is 6.54 Å². The molecule has 0 aliphatic rings. The molecule has 2 heterocycles. The van der Waals surface area contributed by atoms with E-state index in [2.05, 4.69) is 22.3 Å². The molecule has 3 N–H and O–H groups in total. The van der Waals surface area contributed by atoms with Crippen LogP contribution in [0.1, 0.15) is 20.9 Å². The molecule has 0 bridgehead atoms. The van der Waals surface area contributed by atoms with E-state index in [0.717, 1.165) is 10.4 Å². The van der Waals surface area contributed by atoms with Crippen LogP contribution >= 0.6 is 11.3 Å². The SMILES string of the molecule is Cn1nccc1C(=O)NCc1cc(C#CCN)cs1. The highest BCUT2D eigenvalue weighted by Gasteiger charge is 2.09. The Balaban J connectivity index is 1.94. The average molecular weight is 274 g/mol. The van der Waals surface area contributed by atoms with Gasteiger partial charge in [0.15, 0.2) is 0 Å². The first-order valence-electron chi connectivity index (χ1n) is 5.73. The van der Waals surface area contributed by atoms with Crippen LogP contribution in [0.25, 0.3) is 0 Å². The average Bonchev–Trinajstić information content (AvgIpc) is 3.02. The summed E-state index contributed by atoms with van der Waals surface area (Å²) in [7, 11) is 1.74. The van der Waals surface area contributed by atoms with Crippen LogP contribution in [-0.4, -0.2) is 22.2 Å². The minimum atomic E-state index is -0.136. The third-order valence-electron chi connectivity index (χ3n) is 2.47. The minimum absolute atomic E-state index is 0.136. The summed E-state index contributed by atoms with van der Waals surface area (Å²) < 4.78 is 1.54. The standard InChI is InChI=1S/C13H14N4OS/c1-17-12(4-6-16-17)13(18)15-8-11-7-10(9-19-11)3-2-5-14/h4,6-7,9H,5,8,14H2,1H3,(H,15,18). The van der Waals surface area contributed by atoms with E-state index < -0.39 is 0 Å². The lowest BCUT2D eigenvalue weighted by Crippen LogP contribution is -2.24. The van der Waals surface area contributed by atoms with Gasteiger partial charge in [-0.3, -0.25) is 9.48 Å². The van der Waals surface area contributed by atoms with E-state index in [9.17, 15) is 4.79 Å². The lowest BCUT2D eigenvalue weighted by Gasteiger charge is -2.03. The number of rotatable bonds is 3. The minimum Gasteiger partial charge on any atom is -0.346 e. The molecule has 0 saturated heterocycles. The number of nitrogens with two attached hydrogens (primary N) is 1. The van der Waals surface area contributed by atoms with Crippen LogP contribution in [0, 0.1) is 11.8 Å². The van der Waals surface area contributed by atoms with Crippen molar-refractivity contribution in [3.05, 3.63) is 39.8 Å². The van der Waals surface area contributed by atoms with E-state index in [-0.39, 0.29) is 5.91 Å². The Labute approximate surface area is 115 Å². The van der Waals surface area contributed by atoms with E-state index in [4.69, 9.17) is 5.73 Å². The predicted molar refractivity (Wildman–Crippen MR) is 74.6 cm³/mol. The lowest BCUT2D eigenvalue weighted by atomic mass is 10.3. The molecule has 2 aromatic heterocycles. The maximum absolute atomic E-state index is 11.9. The van der Waals surface area contributed by atoms with Crippen molar-refractivity contribution < 1.29 is 4.79 Å². The van der Waals surface area contributed by atoms with E-state index >= 15 is 0 Å². The number of nitrogens with zero attached hydrogens (tertiary/aromatic N) is 2. The second-order valence-corrected chi connectivity index (χ2v) is 4.83. The highest BCUT2D eigenvalue weighted by Crippen LogP contribution is 2.13. The molecule has 1 amide bonds. The van der Waals surface area contributed by atoms with E-state index in [0.29, 0.717) is 18.8 Å². The molecule has 0 saturated carbocycles. The second kappa shape index (κ2) is 6.18. The molecule has 98 valence electrons. The third kappa shape index (κ3) is 3.44. The van der Waals surface area contributed by atoms with Gasteiger partial charge in [-0.25, -0.2) is 0 Å². The van der Waals surface area contributed by atoms with Crippen LogP contribution in [0.15, 0.2) is 23.7 Å². The van der Waals surface area contributed by atoms with Crippen LogP contribution < -0.4 is 11.1 Å². The molecule has 2 rings (SSSR count).